The minimum Gasteiger partial charge on any atom is -0.396 e. The van der Waals surface area contributed by atoms with E-state index >= 15 is 0 Å². The molecule has 0 spiro atoms. The molecule has 164 valence electrons. The number of aliphatic hydroxyl groups is 2. The van der Waals surface area contributed by atoms with E-state index in [0.717, 1.165) is 31.1 Å². The lowest BCUT2D eigenvalue weighted by Gasteiger charge is -2.27. The van der Waals surface area contributed by atoms with E-state index in [4.69, 9.17) is 5.10 Å². The summed E-state index contributed by atoms with van der Waals surface area (Å²) in [4.78, 5) is 16.4. The third-order valence-electron chi connectivity index (χ3n) is 5.99. The predicted molar refractivity (Wildman–Crippen MR) is 115 cm³/mol. The summed E-state index contributed by atoms with van der Waals surface area (Å²) >= 11 is 0. The molecule has 1 aromatic carbocycles. The molecule has 1 saturated carbocycles. The van der Waals surface area contributed by atoms with Gasteiger partial charge < -0.3 is 15.5 Å². The van der Waals surface area contributed by atoms with Gasteiger partial charge in [-0.15, -0.1) is 0 Å². The van der Waals surface area contributed by atoms with Crippen molar-refractivity contribution in [1.82, 2.24) is 14.8 Å². The molecule has 3 aromatic rings. The summed E-state index contributed by atoms with van der Waals surface area (Å²) in [5, 5.41) is 28.3. The number of hydrogen-bond donors (Lipinski definition) is 3. The van der Waals surface area contributed by atoms with Crippen molar-refractivity contribution in [2.75, 3.05) is 11.9 Å². The predicted octanol–water partition coefficient (Wildman–Crippen LogP) is 3.77. The fraction of sp³-hybridized carbons (Fsp3) is 0.435. The van der Waals surface area contributed by atoms with Crippen LogP contribution in [0.15, 0.2) is 36.7 Å². The van der Waals surface area contributed by atoms with E-state index in [0.29, 0.717) is 22.7 Å². The van der Waals surface area contributed by atoms with Gasteiger partial charge in [0.25, 0.3) is 5.91 Å². The number of hydrogen-bond acceptors (Lipinski definition) is 5. The zero-order valence-electron chi connectivity index (χ0n) is 17.7. The quantitative estimate of drug-likeness (QED) is 0.577. The molecule has 7 nitrogen and oxygen atoms in total. The van der Waals surface area contributed by atoms with E-state index in [1.165, 1.54) is 18.3 Å². The van der Waals surface area contributed by atoms with Crippen molar-refractivity contribution in [2.24, 2.45) is 5.92 Å². The number of amides is 1. The van der Waals surface area contributed by atoms with Crippen molar-refractivity contribution in [2.45, 2.75) is 51.2 Å². The summed E-state index contributed by atoms with van der Waals surface area (Å²) in [6.45, 7) is 3.47. The van der Waals surface area contributed by atoms with Gasteiger partial charge in [0.1, 0.15) is 0 Å². The smallest absolute Gasteiger partial charge is 0.277 e. The number of benzene rings is 1. The van der Waals surface area contributed by atoms with Crippen LogP contribution in [0.5, 0.6) is 0 Å². The lowest BCUT2D eigenvalue weighted by Crippen LogP contribution is -2.22. The molecule has 4 rings (SSSR count). The summed E-state index contributed by atoms with van der Waals surface area (Å²) in [5.41, 5.74) is 0.0316. The maximum atomic E-state index is 14.0. The van der Waals surface area contributed by atoms with E-state index < -0.39 is 17.3 Å². The zero-order chi connectivity index (χ0) is 22.2. The molecule has 0 saturated heterocycles. The summed E-state index contributed by atoms with van der Waals surface area (Å²) in [7, 11) is 0. The van der Waals surface area contributed by atoms with Crippen LogP contribution in [0.2, 0.25) is 0 Å². The van der Waals surface area contributed by atoms with Crippen LogP contribution in [0.4, 0.5) is 10.1 Å². The molecule has 3 N–H and O–H groups in total. The molecule has 0 unspecified atom stereocenters. The average molecular weight is 426 g/mol. The SMILES string of the molecule is CC(C)(O)c1cc2nn([C@H]3CC[C@H](CO)CC3)cc2cc1NC(=O)c1ncccc1F. The Hall–Kier alpha value is -2.84. The van der Waals surface area contributed by atoms with Crippen molar-refractivity contribution in [3.05, 3.63) is 53.7 Å². The number of halogens is 1. The first-order chi connectivity index (χ1) is 14.8. The van der Waals surface area contributed by atoms with Crippen LogP contribution < -0.4 is 5.32 Å². The molecule has 0 radical (unpaired) electrons. The van der Waals surface area contributed by atoms with Gasteiger partial charge in [0.05, 0.1) is 17.2 Å². The van der Waals surface area contributed by atoms with Crippen molar-refractivity contribution in [1.29, 1.82) is 0 Å². The summed E-state index contributed by atoms with van der Waals surface area (Å²) in [5.74, 6) is -1.04. The Bertz CT molecular complexity index is 1100. The van der Waals surface area contributed by atoms with E-state index in [1.807, 2.05) is 10.9 Å². The summed E-state index contributed by atoms with van der Waals surface area (Å²) < 4.78 is 15.9. The van der Waals surface area contributed by atoms with E-state index in [-0.39, 0.29) is 18.3 Å². The molecule has 1 amide bonds. The minimum atomic E-state index is -1.25. The van der Waals surface area contributed by atoms with E-state index in [1.54, 1.807) is 26.0 Å². The van der Waals surface area contributed by atoms with Crippen LogP contribution in [0.3, 0.4) is 0 Å². The lowest BCUT2D eigenvalue weighted by molar-refractivity contribution is 0.0793. The number of aromatic nitrogens is 3. The number of fused-ring (bicyclic) bond motifs is 1. The number of aliphatic hydroxyl groups excluding tert-OH is 1. The van der Waals surface area contributed by atoms with Gasteiger partial charge in [-0.3, -0.25) is 9.48 Å². The molecule has 1 aliphatic rings. The maximum Gasteiger partial charge on any atom is 0.277 e. The van der Waals surface area contributed by atoms with Crippen LogP contribution in [-0.4, -0.2) is 37.5 Å². The Morgan fingerprint density at radius 3 is 2.68 bits per heavy atom. The summed E-state index contributed by atoms with van der Waals surface area (Å²) in [6, 6.07) is 6.36. The van der Waals surface area contributed by atoms with Crippen molar-refractivity contribution >= 4 is 22.5 Å². The van der Waals surface area contributed by atoms with Crippen LogP contribution in [0.25, 0.3) is 10.9 Å². The molecule has 2 aromatic heterocycles. The molecule has 0 aliphatic heterocycles. The average Bonchev–Trinajstić information content (AvgIpc) is 3.16. The molecule has 0 bridgehead atoms. The number of anilines is 1. The topological polar surface area (TPSA) is 100 Å². The second-order valence-corrected chi connectivity index (χ2v) is 8.77. The maximum absolute atomic E-state index is 14.0. The first-order valence-corrected chi connectivity index (χ1v) is 10.5. The lowest BCUT2D eigenvalue weighted by atomic mass is 9.87. The number of nitrogens with one attached hydrogen (secondary N) is 1. The van der Waals surface area contributed by atoms with Crippen LogP contribution >= 0.6 is 0 Å². The third-order valence-corrected chi connectivity index (χ3v) is 5.99. The van der Waals surface area contributed by atoms with Gasteiger partial charge in [0, 0.05) is 35.6 Å². The second kappa shape index (κ2) is 8.36. The highest BCUT2D eigenvalue weighted by Gasteiger charge is 2.26. The Balaban J connectivity index is 1.67. The van der Waals surface area contributed by atoms with Gasteiger partial charge in [-0.2, -0.15) is 5.10 Å². The first kappa shape index (κ1) is 21.4. The highest BCUT2D eigenvalue weighted by atomic mass is 19.1. The molecule has 0 atom stereocenters. The molecular weight excluding hydrogens is 399 g/mol. The zero-order valence-corrected chi connectivity index (χ0v) is 17.7. The number of rotatable bonds is 5. The van der Waals surface area contributed by atoms with Crippen LogP contribution in [-0.2, 0) is 5.60 Å². The number of carbonyl (C=O) groups excluding carboxylic acids is 1. The van der Waals surface area contributed by atoms with E-state index in [2.05, 4.69) is 10.3 Å². The van der Waals surface area contributed by atoms with Crippen molar-refractivity contribution in [3.63, 3.8) is 0 Å². The van der Waals surface area contributed by atoms with Gasteiger partial charge in [-0.1, -0.05) is 0 Å². The second-order valence-electron chi connectivity index (χ2n) is 8.77. The van der Waals surface area contributed by atoms with E-state index in [9.17, 15) is 19.4 Å². The van der Waals surface area contributed by atoms with Gasteiger partial charge in [-0.05, 0) is 69.7 Å². The third kappa shape index (κ3) is 4.45. The first-order valence-electron chi connectivity index (χ1n) is 10.5. The normalized spacial score (nSPS) is 19.5. The monoisotopic (exact) mass is 426 g/mol. The number of carbonyl (C=O) groups is 1. The van der Waals surface area contributed by atoms with Gasteiger partial charge in [-0.25, -0.2) is 9.37 Å². The molecule has 1 fully saturated rings. The fourth-order valence-corrected chi connectivity index (χ4v) is 4.21. The molecule has 1 aliphatic carbocycles. The minimum absolute atomic E-state index is 0.225. The fourth-order valence-electron chi connectivity index (χ4n) is 4.21. The van der Waals surface area contributed by atoms with Gasteiger partial charge in [0.15, 0.2) is 11.5 Å². The Labute approximate surface area is 179 Å². The Kier molecular flexibility index (Phi) is 5.77. The summed E-state index contributed by atoms with van der Waals surface area (Å²) in [6.07, 6.45) is 7.10. The Morgan fingerprint density at radius 1 is 1.29 bits per heavy atom. The Morgan fingerprint density at radius 2 is 2.03 bits per heavy atom. The highest BCUT2D eigenvalue weighted by Crippen LogP contribution is 2.35. The molecule has 31 heavy (non-hydrogen) atoms. The number of pyridine rings is 1. The molecule has 8 heteroatoms. The number of nitrogens with zero attached hydrogens (tertiary/aromatic N) is 3. The molecule has 2 heterocycles. The van der Waals surface area contributed by atoms with Crippen LogP contribution in [0, 0.1) is 11.7 Å². The highest BCUT2D eigenvalue weighted by molar-refractivity contribution is 6.04. The van der Waals surface area contributed by atoms with Gasteiger partial charge >= 0.3 is 0 Å². The largest absolute Gasteiger partial charge is 0.396 e. The van der Waals surface area contributed by atoms with Crippen LogP contribution in [0.1, 0.15) is 61.6 Å². The van der Waals surface area contributed by atoms with Crippen molar-refractivity contribution < 1.29 is 19.4 Å². The molecular formula is C23H27FN4O3. The van der Waals surface area contributed by atoms with Crippen molar-refractivity contribution in [3.8, 4) is 0 Å². The standard InChI is InChI=1S/C23H27FN4O3/c1-23(2,31)17-11-19-15(12-28(27-19)16-7-5-14(13-29)6-8-16)10-20(17)26-22(30)21-18(24)4-3-9-25-21/h3-4,9-12,14,16,29,31H,5-8,13H2,1-2H3,(H,26,30)/t14-,16-. The van der Waals surface area contributed by atoms with Gasteiger partial charge in [0.2, 0.25) is 0 Å².